The second-order valence-electron chi connectivity index (χ2n) is 4.12. The molecule has 1 aromatic heterocycles. The van der Waals surface area contributed by atoms with Gasteiger partial charge in [-0.05, 0) is 32.2 Å². The molecule has 0 aromatic carbocycles. The zero-order valence-electron chi connectivity index (χ0n) is 10.6. The topological polar surface area (TPSA) is 76.3 Å². The van der Waals surface area contributed by atoms with E-state index in [4.69, 9.17) is 10.6 Å². The fourth-order valence-electron chi connectivity index (χ4n) is 1.93. The molecule has 0 radical (unpaired) electrons. The maximum absolute atomic E-state index is 5.65. The molecule has 0 saturated carbocycles. The van der Waals surface area contributed by atoms with E-state index in [2.05, 4.69) is 20.3 Å². The van der Waals surface area contributed by atoms with E-state index in [1.165, 1.54) is 37.7 Å². The number of rotatable bonds is 6. The van der Waals surface area contributed by atoms with Crippen LogP contribution in [-0.4, -0.2) is 47.4 Å². The molecule has 1 saturated heterocycles. The smallest absolute Gasteiger partial charge is 0.219 e. The lowest BCUT2D eigenvalue weighted by molar-refractivity contribution is 0.230. The van der Waals surface area contributed by atoms with E-state index in [0.29, 0.717) is 23.5 Å². The van der Waals surface area contributed by atoms with Crippen molar-refractivity contribution in [2.45, 2.75) is 18.0 Å². The lowest BCUT2D eigenvalue weighted by Gasteiger charge is -2.14. The molecule has 1 fully saturated rings. The number of hydrogen-bond donors (Lipinski definition) is 2. The first-order valence-electron chi connectivity index (χ1n) is 6.06. The Balaban J connectivity index is 1.87. The molecule has 1 aromatic rings. The molecule has 0 aliphatic carbocycles. The van der Waals surface area contributed by atoms with Crippen molar-refractivity contribution in [3.63, 3.8) is 0 Å². The normalized spacial score (nSPS) is 15.9. The number of nitrogens with zero attached hydrogens (tertiary/aromatic N) is 3. The van der Waals surface area contributed by atoms with Gasteiger partial charge in [0.05, 0.1) is 0 Å². The van der Waals surface area contributed by atoms with Crippen LogP contribution in [0, 0.1) is 0 Å². The minimum absolute atomic E-state index is 0.571. The van der Waals surface area contributed by atoms with Crippen LogP contribution in [0.1, 0.15) is 12.8 Å². The molecule has 100 valence electrons. The van der Waals surface area contributed by atoms with Gasteiger partial charge in [-0.15, -0.1) is 0 Å². The number of nitrogens with one attached hydrogen (secondary N) is 1. The summed E-state index contributed by atoms with van der Waals surface area (Å²) in [5, 5.41) is 0.654. The molecule has 0 atom stereocenters. The number of nitrogens with two attached hydrogens (primary N) is 1. The molecule has 1 aliphatic heterocycles. The first-order chi connectivity index (χ1) is 8.81. The van der Waals surface area contributed by atoms with Crippen LogP contribution in [0.2, 0.25) is 0 Å². The molecule has 3 N–H and O–H groups in total. The van der Waals surface area contributed by atoms with E-state index in [1.807, 2.05) is 6.26 Å². The van der Waals surface area contributed by atoms with Crippen molar-refractivity contribution in [2.24, 2.45) is 5.84 Å². The Bertz CT molecular complexity index is 361. The van der Waals surface area contributed by atoms with Gasteiger partial charge in [-0.25, -0.2) is 10.8 Å². The number of aromatic nitrogens is 2. The molecule has 2 heterocycles. The minimum Gasteiger partial charge on any atom is -0.476 e. The van der Waals surface area contributed by atoms with Crippen molar-refractivity contribution < 1.29 is 4.74 Å². The van der Waals surface area contributed by atoms with Crippen LogP contribution >= 0.6 is 11.8 Å². The summed E-state index contributed by atoms with van der Waals surface area (Å²) in [4.78, 5) is 10.9. The molecule has 0 spiro atoms. The second-order valence-corrected chi connectivity index (χ2v) is 4.89. The highest BCUT2D eigenvalue weighted by atomic mass is 32.2. The Morgan fingerprint density at radius 1 is 1.44 bits per heavy atom. The van der Waals surface area contributed by atoms with Crippen LogP contribution in [-0.2, 0) is 0 Å². The molecule has 0 amide bonds. The number of hydrogen-bond acceptors (Lipinski definition) is 7. The van der Waals surface area contributed by atoms with Crippen molar-refractivity contribution in [2.75, 3.05) is 37.9 Å². The van der Waals surface area contributed by atoms with Crippen LogP contribution in [0.5, 0.6) is 5.88 Å². The Morgan fingerprint density at radius 2 is 2.22 bits per heavy atom. The highest BCUT2D eigenvalue weighted by Crippen LogP contribution is 2.18. The molecule has 1 aliphatic rings. The summed E-state index contributed by atoms with van der Waals surface area (Å²) < 4.78 is 5.65. The Morgan fingerprint density at radius 3 is 2.89 bits per heavy atom. The van der Waals surface area contributed by atoms with E-state index in [0.717, 1.165) is 6.54 Å². The van der Waals surface area contributed by atoms with Gasteiger partial charge in [0.15, 0.2) is 5.16 Å². The highest BCUT2D eigenvalue weighted by molar-refractivity contribution is 7.98. The summed E-state index contributed by atoms with van der Waals surface area (Å²) in [7, 11) is 0. The zero-order valence-corrected chi connectivity index (χ0v) is 11.4. The largest absolute Gasteiger partial charge is 0.476 e. The third-order valence-electron chi connectivity index (χ3n) is 2.87. The van der Waals surface area contributed by atoms with Gasteiger partial charge in [0, 0.05) is 12.6 Å². The monoisotopic (exact) mass is 269 g/mol. The number of nitrogen functional groups attached to an aromatic ring is 1. The lowest BCUT2D eigenvalue weighted by atomic mass is 10.4. The van der Waals surface area contributed by atoms with Gasteiger partial charge in [0.1, 0.15) is 12.4 Å². The van der Waals surface area contributed by atoms with E-state index in [-0.39, 0.29) is 0 Å². The SMILES string of the molecule is CSc1nc(NN)cc(OCCN2CCCC2)n1. The Hall–Kier alpha value is -1.05. The summed E-state index contributed by atoms with van der Waals surface area (Å²) in [6, 6.07) is 1.71. The zero-order chi connectivity index (χ0) is 12.8. The van der Waals surface area contributed by atoms with Crippen LogP contribution < -0.4 is 16.0 Å². The minimum atomic E-state index is 0.571. The van der Waals surface area contributed by atoms with Crippen LogP contribution in [0.15, 0.2) is 11.2 Å². The van der Waals surface area contributed by atoms with Gasteiger partial charge in [0.25, 0.3) is 0 Å². The molecule has 0 unspecified atom stereocenters. The summed E-state index contributed by atoms with van der Waals surface area (Å²) in [6.07, 6.45) is 4.51. The first-order valence-corrected chi connectivity index (χ1v) is 7.29. The molecule has 7 heteroatoms. The highest BCUT2D eigenvalue weighted by Gasteiger charge is 2.11. The maximum atomic E-state index is 5.65. The molecule has 0 bridgehead atoms. The molecular weight excluding hydrogens is 250 g/mol. The number of anilines is 1. The summed E-state index contributed by atoms with van der Waals surface area (Å²) >= 11 is 1.46. The van der Waals surface area contributed by atoms with Crippen molar-refractivity contribution in [3.8, 4) is 5.88 Å². The maximum Gasteiger partial charge on any atom is 0.219 e. The van der Waals surface area contributed by atoms with Crippen molar-refractivity contribution in [1.82, 2.24) is 14.9 Å². The number of likely N-dealkylation sites (tertiary alicyclic amines) is 1. The second kappa shape index (κ2) is 6.77. The number of thioether (sulfide) groups is 1. The van der Waals surface area contributed by atoms with Crippen LogP contribution in [0.3, 0.4) is 0 Å². The molecule has 18 heavy (non-hydrogen) atoms. The molecule has 6 nitrogen and oxygen atoms in total. The van der Waals surface area contributed by atoms with E-state index in [1.54, 1.807) is 6.07 Å². The molecule has 2 rings (SSSR count). The van der Waals surface area contributed by atoms with Gasteiger partial charge in [-0.3, -0.25) is 4.90 Å². The first kappa shape index (κ1) is 13.4. The number of hydrazine groups is 1. The van der Waals surface area contributed by atoms with Gasteiger partial charge in [0.2, 0.25) is 5.88 Å². The number of ether oxygens (including phenoxy) is 1. The van der Waals surface area contributed by atoms with Crippen molar-refractivity contribution in [1.29, 1.82) is 0 Å². The Labute approximate surface area is 111 Å². The van der Waals surface area contributed by atoms with E-state index < -0.39 is 0 Å². The Kier molecular flexibility index (Phi) is 5.03. The van der Waals surface area contributed by atoms with Gasteiger partial charge in [-0.1, -0.05) is 11.8 Å². The molecular formula is C11H19N5OS. The average molecular weight is 269 g/mol. The lowest BCUT2D eigenvalue weighted by Crippen LogP contribution is -2.25. The quantitative estimate of drug-likeness (QED) is 0.345. The third-order valence-corrected chi connectivity index (χ3v) is 3.42. The van der Waals surface area contributed by atoms with Gasteiger partial charge >= 0.3 is 0 Å². The third kappa shape index (κ3) is 3.72. The summed E-state index contributed by atoms with van der Waals surface area (Å²) in [6.45, 7) is 3.95. The summed E-state index contributed by atoms with van der Waals surface area (Å²) in [5.74, 6) is 6.50. The van der Waals surface area contributed by atoms with Crippen molar-refractivity contribution in [3.05, 3.63) is 6.07 Å². The van der Waals surface area contributed by atoms with Crippen molar-refractivity contribution >= 4 is 17.6 Å². The fourth-order valence-corrected chi connectivity index (χ4v) is 2.30. The predicted octanol–water partition coefficient (Wildman–Crippen LogP) is 0.959. The fraction of sp³-hybridized carbons (Fsp3) is 0.636. The van der Waals surface area contributed by atoms with Crippen LogP contribution in [0.4, 0.5) is 5.82 Å². The van der Waals surface area contributed by atoms with Gasteiger partial charge < -0.3 is 10.2 Å². The van der Waals surface area contributed by atoms with Gasteiger partial charge in [-0.2, -0.15) is 4.98 Å². The predicted molar refractivity (Wildman–Crippen MR) is 72.8 cm³/mol. The summed E-state index contributed by atoms with van der Waals surface area (Å²) in [5.41, 5.74) is 2.52. The van der Waals surface area contributed by atoms with E-state index >= 15 is 0 Å². The standard InChI is InChI=1S/C11H19N5OS/c1-18-11-13-9(15-12)8-10(14-11)17-7-6-16-4-2-3-5-16/h8H,2-7,12H2,1H3,(H,13,14,15). The average Bonchev–Trinajstić information content (AvgIpc) is 2.91. The van der Waals surface area contributed by atoms with Crippen LogP contribution in [0.25, 0.3) is 0 Å². The van der Waals surface area contributed by atoms with E-state index in [9.17, 15) is 0 Å².